The number of ether oxygens (including phenoxy) is 1. The molecule has 2 atom stereocenters. The molecule has 2 nitrogen and oxygen atoms in total. The summed E-state index contributed by atoms with van der Waals surface area (Å²) in [5, 5.41) is 3.70. The van der Waals surface area contributed by atoms with E-state index >= 15 is 0 Å². The van der Waals surface area contributed by atoms with Crippen molar-refractivity contribution in [2.24, 2.45) is 5.92 Å². The monoisotopic (exact) mass is 277 g/mol. The Morgan fingerprint density at radius 2 is 1.50 bits per heavy atom. The fourth-order valence-corrected chi connectivity index (χ4v) is 2.41. The molecule has 0 spiro atoms. The molecule has 0 saturated carbocycles. The maximum Gasteiger partial charge on any atom is 0.118 e. The molecule has 114 valence electrons. The van der Waals surface area contributed by atoms with E-state index in [9.17, 15) is 0 Å². The molecule has 1 aromatic carbocycles. The van der Waals surface area contributed by atoms with Crippen LogP contribution < -0.4 is 10.1 Å². The second kappa shape index (κ2) is 9.02. The summed E-state index contributed by atoms with van der Waals surface area (Å²) in [5.74, 6) is 1.73. The van der Waals surface area contributed by atoms with E-state index in [-0.39, 0.29) is 0 Å². The number of hydrogen-bond donors (Lipinski definition) is 1. The zero-order chi connectivity index (χ0) is 15.0. The maximum atomic E-state index is 5.18. The highest BCUT2D eigenvalue weighted by molar-refractivity contribution is 5.27. The van der Waals surface area contributed by atoms with E-state index in [1.807, 2.05) is 12.1 Å². The summed E-state index contributed by atoms with van der Waals surface area (Å²) >= 11 is 0. The van der Waals surface area contributed by atoms with Crippen molar-refractivity contribution in [3.63, 3.8) is 0 Å². The smallest absolute Gasteiger partial charge is 0.118 e. The fraction of sp³-hybridized carbons (Fsp3) is 0.667. The van der Waals surface area contributed by atoms with Crippen LogP contribution in [0.1, 0.15) is 52.5 Å². The van der Waals surface area contributed by atoms with Crippen LogP contribution in [0.2, 0.25) is 0 Å². The molecule has 1 rings (SSSR count). The average molecular weight is 277 g/mol. The van der Waals surface area contributed by atoms with Crippen LogP contribution in [0, 0.1) is 5.92 Å². The Labute approximate surface area is 124 Å². The van der Waals surface area contributed by atoms with Crippen molar-refractivity contribution in [3.05, 3.63) is 29.8 Å². The van der Waals surface area contributed by atoms with Gasteiger partial charge in [-0.1, -0.05) is 26.0 Å². The lowest BCUT2D eigenvalue weighted by Gasteiger charge is -2.20. The molecule has 0 amide bonds. The van der Waals surface area contributed by atoms with Gasteiger partial charge in [0.2, 0.25) is 0 Å². The predicted octanol–water partition coefficient (Wildman–Crippen LogP) is 4.43. The highest BCUT2D eigenvalue weighted by atomic mass is 16.5. The van der Waals surface area contributed by atoms with Crippen molar-refractivity contribution in [3.8, 4) is 5.75 Å². The molecule has 0 fully saturated rings. The van der Waals surface area contributed by atoms with E-state index in [2.05, 4.69) is 45.1 Å². The number of rotatable bonds is 9. The van der Waals surface area contributed by atoms with Crippen molar-refractivity contribution in [2.45, 2.75) is 65.5 Å². The molecule has 0 aliphatic rings. The molecule has 20 heavy (non-hydrogen) atoms. The van der Waals surface area contributed by atoms with Gasteiger partial charge in [-0.25, -0.2) is 0 Å². The summed E-state index contributed by atoms with van der Waals surface area (Å²) in [7, 11) is 1.71. The predicted molar refractivity (Wildman–Crippen MR) is 87.4 cm³/mol. The van der Waals surface area contributed by atoms with Crippen molar-refractivity contribution in [1.29, 1.82) is 0 Å². The third-order valence-electron chi connectivity index (χ3n) is 3.77. The molecule has 0 aliphatic heterocycles. The normalized spacial score (nSPS) is 14.3. The second-order valence-electron chi connectivity index (χ2n) is 6.33. The summed E-state index contributed by atoms with van der Waals surface area (Å²) < 4.78 is 5.18. The van der Waals surface area contributed by atoms with Crippen molar-refractivity contribution >= 4 is 0 Å². The zero-order valence-electron chi connectivity index (χ0n) is 13.8. The first-order chi connectivity index (χ1) is 9.51. The van der Waals surface area contributed by atoms with Gasteiger partial charge in [0, 0.05) is 12.1 Å². The third kappa shape index (κ3) is 6.95. The van der Waals surface area contributed by atoms with Crippen molar-refractivity contribution < 1.29 is 4.74 Å². The Balaban J connectivity index is 2.26. The van der Waals surface area contributed by atoms with Crippen LogP contribution in [0.25, 0.3) is 0 Å². The highest BCUT2D eigenvalue weighted by Crippen LogP contribution is 2.14. The number of aryl methyl sites for hydroxylation is 1. The van der Waals surface area contributed by atoms with Gasteiger partial charge in [0.15, 0.2) is 0 Å². The third-order valence-corrected chi connectivity index (χ3v) is 3.77. The summed E-state index contributed by atoms with van der Waals surface area (Å²) in [6, 6.07) is 9.58. The van der Waals surface area contributed by atoms with Crippen LogP contribution in [0.15, 0.2) is 24.3 Å². The molecule has 2 heteroatoms. The van der Waals surface area contributed by atoms with Gasteiger partial charge in [0.05, 0.1) is 7.11 Å². The van der Waals surface area contributed by atoms with Gasteiger partial charge in [0.1, 0.15) is 5.75 Å². The Bertz CT molecular complexity index is 358. The van der Waals surface area contributed by atoms with Crippen LogP contribution in [-0.4, -0.2) is 19.2 Å². The topological polar surface area (TPSA) is 21.3 Å². The van der Waals surface area contributed by atoms with E-state index in [0.717, 1.165) is 18.1 Å². The highest BCUT2D eigenvalue weighted by Gasteiger charge is 2.08. The van der Waals surface area contributed by atoms with Gasteiger partial charge in [-0.05, 0) is 63.1 Å². The summed E-state index contributed by atoms with van der Waals surface area (Å²) in [6.07, 6.45) is 4.87. The first-order valence-corrected chi connectivity index (χ1v) is 7.90. The molecule has 0 heterocycles. The van der Waals surface area contributed by atoms with Crippen LogP contribution >= 0.6 is 0 Å². The van der Waals surface area contributed by atoms with E-state index in [4.69, 9.17) is 4.74 Å². The zero-order valence-corrected chi connectivity index (χ0v) is 13.8. The lowest BCUT2D eigenvalue weighted by molar-refractivity contribution is 0.399. The van der Waals surface area contributed by atoms with Gasteiger partial charge in [0.25, 0.3) is 0 Å². The molecular weight excluding hydrogens is 246 g/mol. The number of nitrogens with one attached hydrogen (secondary N) is 1. The molecule has 0 aromatic heterocycles. The van der Waals surface area contributed by atoms with Crippen LogP contribution in [0.4, 0.5) is 0 Å². The fourth-order valence-electron chi connectivity index (χ4n) is 2.41. The first kappa shape index (κ1) is 17.0. The summed E-state index contributed by atoms with van der Waals surface area (Å²) in [6.45, 7) is 9.17. The molecular formula is C18H31NO. The standard InChI is InChI=1S/C18H31NO/c1-14(2)6-7-15(3)19-16(4)8-9-17-10-12-18(20-5)13-11-17/h10-16,19H,6-9H2,1-5H3. The van der Waals surface area contributed by atoms with Crippen LogP contribution in [-0.2, 0) is 6.42 Å². The van der Waals surface area contributed by atoms with Gasteiger partial charge in [-0.2, -0.15) is 0 Å². The number of methoxy groups -OCH3 is 1. The lowest BCUT2D eigenvalue weighted by Crippen LogP contribution is -2.34. The number of benzene rings is 1. The van der Waals surface area contributed by atoms with Gasteiger partial charge < -0.3 is 10.1 Å². The van der Waals surface area contributed by atoms with E-state index in [1.54, 1.807) is 7.11 Å². The summed E-state index contributed by atoms with van der Waals surface area (Å²) in [5.41, 5.74) is 1.38. The molecule has 0 bridgehead atoms. The molecule has 1 aromatic rings. The van der Waals surface area contributed by atoms with E-state index in [1.165, 1.54) is 24.8 Å². The molecule has 2 unspecified atom stereocenters. The number of hydrogen-bond acceptors (Lipinski definition) is 2. The minimum atomic E-state index is 0.569. The van der Waals surface area contributed by atoms with Crippen LogP contribution in [0.3, 0.4) is 0 Å². The largest absolute Gasteiger partial charge is 0.497 e. The average Bonchev–Trinajstić information content (AvgIpc) is 2.43. The van der Waals surface area contributed by atoms with E-state index < -0.39 is 0 Å². The Hall–Kier alpha value is -1.02. The Kier molecular flexibility index (Phi) is 7.68. The van der Waals surface area contributed by atoms with Crippen LogP contribution in [0.5, 0.6) is 5.75 Å². The molecule has 0 saturated heterocycles. The molecule has 1 N–H and O–H groups in total. The minimum Gasteiger partial charge on any atom is -0.497 e. The minimum absolute atomic E-state index is 0.569. The lowest BCUT2D eigenvalue weighted by atomic mass is 10.0. The second-order valence-corrected chi connectivity index (χ2v) is 6.33. The Morgan fingerprint density at radius 1 is 0.900 bits per heavy atom. The maximum absolute atomic E-state index is 5.18. The van der Waals surface area contributed by atoms with Crippen molar-refractivity contribution in [1.82, 2.24) is 5.32 Å². The first-order valence-electron chi connectivity index (χ1n) is 7.90. The van der Waals surface area contributed by atoms with Gasteiger partial charge in [-0.15, -0.1) is 0 Å². The molecule has 0 radical (unpaired) electrons. The van der Waals surface area contributed by atoms with Gasteiger partial charge >= 0.3 is 0 Å². The quantitative estimate of drug-likeness (QED) is 0.721. The SMILES string of the molecule is COc1ccc(CCC(C)NC(C)CCC(C)C)cc1. The summed E-state index contributed by atoms with van der Waals surface area (Å²) in [4.78, 5) is 0. The van der Waals surface area contributed by atoms with Crippen molar-refractivity contribution in [2.75, 3.05) is 7.11 Å². The van der Waals surface area contributed by atoms with Gasteiger partial charge in [-0.3, -0.25) is 0 Å². The van der Waals surface area contributed by atoms with E-state index in [0.29, 0.717) is 12.1 Å². The molecule has 0 aliphatic carbocycles. The Morgan fingerprint density at radius 3 is 2.05 bits per heavy atom.